The van der Waals surface area contributed by atoms with Crippen molar-refractivity contribution in [2.24, 2.45) is 7.05 Å². The Balaban J connectivity index is 2.32. The van der Waals surface area contributed by atoms with Crippen molar-refractivity contribution in [1.29, 1.82) is 0 Å². The number of anilines is 1. The quantitative estimate of drug-likeness (QED) is 0.810. The number of hydrogen-bond acceptors (Lipinski definition) is 5. The lowest BCUT2D eigenvalue weighted by Gasteiger charge is -2.21. The van der Waals surface area contributed by atoms with Crippen LogP contribution in [0.3, 0.4) is 0 Å². The summed E-state index contributed by atoms with van der Waals surface area (Å²) in [4.78, 5) is 4.17. The van der Waals surface area contributed by atoms with Gasteiger partial charge in [0.05, 0.1) is 24.2 Å². The molecule has 0 spiro atoms. The fourth-order valence-corrected chi connectivity index (χ4v) is 3.38. The van der Waals surface area contributed by atoms with Crippen molar-refractivity contribution in [2.45, 2.75) is 31.8 Å². The summed E-state index contributed by atoms with van der Waals surface area (Å²) in [6, 6.07) is 3.06. The Hall–Kier alpha value is -2.09. The highest BCUT2D eigenvalue weighted by Gasteiger charge is 2.25. The number of aromatic nitrogens is 3. The lowest BCUT2D eigenvalue weighted by molar-refractivity contribution is 0.232. The van der Waals surface area contributed by atoms with Crippen LogP contribution in [0.4, 0.5) is 5.69 Å². The second kappa shape index (κ2) is 6.35. The van der Waals surface area contributed by atoms with Crippen LogP contribution in [-0.2, 0) is 17.1 Å². The topological polar surface area (TPSA) is 77.3 Å². The summed E-state index contributed by atoms with van der Waals surface area (Å²) in [6.07, 6.45) is 4.47. The molecule has 0 aliphatic rings. The molecule has 2 rings (SSSR count). The summed E-state index contributed by atoms with van der Waals surface area (Å²) >= 11 is 0. The average Bonchev–Trinajstić information content (AvgIpc) is 2.85. The zero-order valence-corrected chi connectivity index (χ0v) is 13.9. The summed E-state index contributed by atoms with van der Waals surface area (Å²) in [6.45, 7) is 5.84. The molecule has 2 heterocycles. The fraction of sp³-hybridized carbons (Fsp3) is 0.429. The molecular weight excluding hydrogens is 304 g/mol. The molecule has 0 radical (unpaired) electrons. The average molecular weight is 324 g/mol. The molecule has 8 heteroatoms. The van der Waals surface area contributed by atoms with E-state index in [0.29, 0.717) is 18.1 Å². The van der Waals surface area contributed by atoms with E-state index in [0.717, 1.165) is 0 Å². The number of hydrogen-bond donors (Lipinski definition) is 0. The summed E-state index contributed by atoms with van der Waals surface area (Å²) in [5.41, 5.74) is 0.521. The third kappa shape index (κ3) is 3.38. The van der Waals surface area contributed by atoms with Crippen LogP contribution in [0.2, 0.25) is 0 Å². The first-order chi connectivity index (χ1) is 10.3. The monoisotopic (exact) mass is 324 g/mol. The molecule has 0 bridgehead atoms. The Morgan fingerprint density at radius 1 is 1.32 bits per heavy atom. The maximum Gasteiger partial charge on any atom is 0.265 e. The SMILES string of the molecule is CCN(c1cnn(C)c1)S(=O)(=O)c1ccc(OC(C)C)nc1. The van der Waals surface area contributed by atoms with E-state index in [4.69, 9.17) is 4.74 Å². The molecule has 0 aliphatic carbocycles. The molecule has 0 atom stereocenters. The largest absolute Gasteiger partial charge is 0.475 e. The number of pyridine rings is 1. The summed E-state index contributed by atoms with van der Waals surface area (Å²) < 4.78 is 33.7. The van der Waals surface area contributed by atoms with E-state index in [2.05, 4.69) is 10.1 Å². The van der Waals surface area contributed by atoms with Crippen molar-refractivity contribution in [1.82, 2.24) is 14.8 Å². The van der Waals surface area contributed by atoms with Gasteiger partial charge in [-0.05, 0) is 26.8 Å². The molecule has 2 aromatic heterocycles. The van der Waals surface area contributed by atoms with E-state index in [1.807, 2.05) is 13.8 Å². The first kappa shape index (κ1) is 16.3. The molecule has 0 amide bonds. The van der Waals surface area contributed by atoms with Gasteiger partial charge in [0.25, 0.3) is 10.0 Å². The molecule has 0 aromatic carbocycles. The van der Waals surface area contributed by atoms with Crippen LogP contribution in [0.15, 0.2) is 35.6 Å². The molecule has 0 fully saturated rings. The van der Waals surface area contributed by atoms with Crippen LogP contribution in [0.5, 0.6) is 5.88 Å². The maximum absolute atomic E-state index is 12.7. The first-order valence-corrected chi connectivity index (χ1v) is 8.42. The van der Waals surface area contributed by atoms with Crippen LogP contribution in [0.1, 0.15) is 20.8 Å². The molecule has 0 unspecified atom stereocenters. The number of ether oxygens (including phenoxy) is 1. The van der Waals surface area contributed by atoms with Gasteiger partial charge < -0.3 is 4.74 Å². The predicted octanol–water partition coefficient (Wildman–Crippen LogP) is 1.82. The van der Waals surface area contributed by atoms with Gasteiger partial charge in [0.1, 0.15) is 4.90 Å². The number of aryl methyl sites for hydroxylation is 1. The smallest absolute Gasteiger partial charge is 0.265 e. The van der Waals surface area contributed by atoms with Crippen molar-refractivity contribution in [2.75, 3.05) is 10.8 Å². The van der Waals surface area contributed by atoms with Gasteiger partial charge in [-0.25, -0.2) is 13.4 Å². The lowest BCUT2D eigenvalue weighted by atomic mass is 10.4. The molecule has 2 aromatic rings. The molecular formula is C14H20N4O3S. The van der Waals surface area contributed by atoms with Crippen LogP contribution in [-0.4, -0.2) is 35.8 Å². The standard InChI is InChI=1S/C14H20N4O3S/c1-5-18(12-8-16-17(4)10-12)22(19,20)13-6-7-14(15-9-13)21-11(2)3/h6-11H,5H2,1-4H3. The molecule has 22 heavy (non-hydrogen) atoms. The minimum atomic E-state index is -3.67. The summed E-state index contributed by atoms with van der Waals surface area (Å²) in [5.74, 6) is 0.401. The van der Waals surface area contributed by atoms with Crippen LogP contribution in [0, 0.1) is 0 Å². The second-order valence-electron chi connectivity index (χ2n) is 5.04. The van der Waals surface area contributed by atoms with Crippen molar-refractivity contribution in [3.05, 3.63) is 30.7 Å². The van der Waals surface area contributed by atoms with E-state index in [1.54, 1.807) is 30.9 Å². The predicted molar refractivity (Wildman–Crippen MR) is 83.4 cm³/mol. The Morgan fingerprint density at radius 2 is 2.05 bits per heavy atom. The van der Waals surface area contributed by atoms with Crippen molar-refractivity contribution < 1.29 is 13.2 Å². The number of nitrogens with zero attached hydrogens (tertiary/aromatic N) is 4. The van der Waals surface area contributed by atoms with Gasteiger partial charge in [-0.1, -0.05) is 0 Å². The van der Waals surface area contributed by atoms with Crippen LogP contribution >= 0.6 is 0 Å². The van der Waals surface area contributed by atoms with Crippen molar-refractivity contribution in [3.63, 3.8) is 0 Å². The van der Waals surface area contributed by atoms with Crippen LogP contribution in [0.25, 0.3) is 0 Å². The van der Waals surface area contributed by atoms with Gasteiger partial charge in [-0.15, -0.1) is 0 Å². The van der Waals surface area contributed by atoms with E-state index in [-0.39, 0.29) is 11.0 Å². The summed E-state index contributed by atoms with van der Waals surface area (Å²) in [7, 11) is -1.93. The van der Waals surface area contributed by atoms with Gasteiger partial charge in [0.15, 0.2) is 0 Å². The van der Waals surface area contributed by atoms with E-state index < -0.39 is 10.0 Å². The minimum absolute atomic E-state index is 0.0162. The Labute approximate surface area is 130 Å². The zero-order valence-electron chi connectivity index (χ0n) is 13.1. The molecule has 7 nitrogen and oxygen atoms in total. The molecule has 0 N–H and O–H groups in total. The highest BCUT2D eigenvalue weighted by molar-refractivity contribution is 7.92. The van der Waals surface area contributed by atoms with Crippen LogP contribution < -0.4 is 9.04 Å². The molecule has 0 saturated heterocycles. The fourth-order valence-electron chi connectivity index (χ4n) is 1.99. The Morgan fingerprint density at radius 3 is 2.50 bits per heavy atom. The van der Waals surface area contributed by atoms with Gasteiger partial charge in [0.2, 0.25) is 5.88 Å². The first-order valence-electron chi connectivity index (χ1n) is 6.98. The Kier molecular flexibility index (Phi) is 4.70. The van der Waals surface area contributed by atoms with Crippen molar-refractivity contribution in [3.8, 4) is 5.88 Å². The second-order valence-corrected chi connectivity index (χ2v) is 6.90. The van der Waals surface area contributed by atoms with Crippen molar-refractivity contribution >= 4 is 15.7 Å². The lowest BCUT2D eigenvalue weighted by Crippen LogP contribution is -2.30. The van der Waals surface area contributed by atoms with E-state index in [9.17, 15) is 8.42 Å². The maximum atomic E-state index is 12.7. The number of rotatable bonds is 6. The molecule has 120 valence electrons. The molecule has 0 saturated carbocycles. The summed E-state index contributed by atoms with van der Waals surface area (Å²) in [5, 5.41) is 4.01. The Bertz CT molecular complexity index is 723. The van der Waals surface area contributed by atoms with Gasteiger partial charge in [-0.2, -0.15) is 5.10 Å². The van der Waals surface area contributed by atoms with E-state index >= 15 is 0 Å². The highest BCUT2D eigenvalue weighted by atomic mass is 32.2. The normalized spacial score (nSPS) is 11.7. The molecule has 0 aliphatic heterocycles. The number of sulfonamides is 1. The van der Waals surface area contributed by atoms with E-state index in [1.165, 1.54) is 22.8 Å². The van der Waals surface area contributed by atoms with Gasteiger partial charge in [0, 0.05) is 25.9 Å². The zero-order chi connectivity index (χ0) is 16.3. The van der Waals surface area contributed by atoms with Gasteiger partial charge in [-0.3, -0.25) is 8.99 Å². The minimum Gasteiger partial charge on any atom is -0.475 e. The van der Waals surface area contributed by atoms with Gasteiger partial charge >= 0.3 is 0 Å². The third-order valence-corrected chi connectivity index (χ3v) is 4.81. The third-order valence-electron chi connectivity index (χ3n) is 2.92. The highest BCUT2D eigenvalue weighted by Crippen LogP contribution is 2.23.